The van der Waals surface area contributed by atoms with Crippen LogP contribution in [0.1, 0.15) is 39.0 Å². The van der Waals surface area contributed by atoms with Crippen LogP contribution in [0.4, 0.5) is 5.69 Å². The van der Waals surface area contributed by atoms with Gasteiger partial charge in [0, 0.05) is 30.9 Å². The van der Waals surface area contributed by atoms with E-state index in [1.165, 1.54) is 32.1 Å². The van der Waals surface area contributed by atoms with Crippen LogP contribution >= 0.6 is 0 Å². The standard InChI is InChI=1S/C19H29N3O2/c1-2-24-17-8-6-16(7-9-17)21-18(23)14-22-13-12-20-15-19(22)10-4-3-5-11-19/h6-9,20H,2-5,10-15H2,1H3,(H,21,23). The number of nitrogens with zero attached hydrogens (tertiary/aromatic N) is 1. The van der Waals surface area contributed by atoms with Crippen LogP contribution in [-0.2, 0) is 4.79 Å². The Bertz CT molecular complexity index is 530. The van der Waals surface area contributed by atoms with Crippen LogP contribution in [0, 0.1) is 0 Å². The lowest BCUT2D eigenvalue weighted by atomic mass is 9.79. The largest absolute Gasteiger partial charge is 0.494 e. The van der Waals surface area contributed by atoms with Gasteiger partial charge in [-0.2, -0.15) is 0 Å². The minimum absolute atomic E-state index is 0.0750. The lowest BCUT2D eigenvalue weighted by molar-refractivity contribution is -0.120. The fourth-order valence-corrected chi connectivity index (χ4v) is 4.01. The monoisotopic (exact) mass is 331 g/mol. The van der Waals surface area contributed by atoms with E-state index in [2.05, 4.69) is 15.5 Å². The molecule has 5 nitrogen and oxygen atoms in total. The van der Waals surface area contributed by atoms with Gasteiger partial charge in [-0.15, -0.1) is 0 Å². The molecule has 3 rings (SSSR count). The molecule has 0 bridgehead atoms. The molecule has 2 N–H and O–H groups in total. The van der Waals surface area contributed by atoms with Gasteiger partial charge in [-0.05, 0) is 44.0 Å². The Hall–Kier alpha value is -1.59. The number of carbonyl (C=O) groups is 1. The highest BCUT2D eigenvalue weighted by molar-refractivity contribution is 5.92. The molecule has 5 heteroatoms. The van der Waals surface area contributed by atoms with Gasteiger partial charge in [0.2, 0.25) is 5.91 Å². The van der Waals surface area contributed by atoms with Crippen molar-refractivity contribution in [1.82, 2.24) is 10.2 Å². The molecule has 1 amide bonds. The van der Waals surface area contributed by atoms with Gasteiger partial charge >= 0.3 is 0 Å². The van der Waals surface area contributed by atoms with Crippen molar-refractivity contribution in [1.29, 1.82) is 0 Å². The Morgan fingerprint density at radius 1 is 1.25 bits per heavy atom. The fourth-order valence-electron chi connectivity index (χ4n) is 4.01. The Morgan fingerprint density at radius 3 is 2.71 bits per heavy atom. The van der Waals surface area contributed by atoms with Crippen LogP contribution in [-0.4, -0.2) is 49.1 Å². The Labute approximate surface area is 144 Å². The molecule has 1 spiro atoms. The second-order valence-electron chi connectivity index (χ2n) is 6.89. The van der Waals surface area contributed by atoms with Crippen molar-refractivity contribution in [3.63, 3.8) is 0 Å². The van der Waals surface area contributed by atoms with Crippen LogP contribution in [0.15, 0.2) is 24.3 Å². The van der Waals surface area contributed by atoms with E-state index in [1.807, 2.05) is 31.2 Å². The van der Waals surface area contributed by atoms with E-state index < -0.39 is 0 Å². The highest BCUT2D eigenvalue weighted by Crippen LogP contribution is 2.34. The predicted molar refractivity (Wildman–Crippen MR) is 96.5 cm³/mol. The maximum Gasteiger partial charge on any atom is 0.238 e. The van der Waals surface area contributed by atoms with Crippen molar-refractivity contribution < 1.29 is 9.53 Å². The molecular weight excluding hydrogens is 302 g/mol. The highest BCUT2D eigenvalue weighted by Gasteiger charge is 2.40. The van der Waals surface area contributed by atoms with Crippen LogP contribution < -0.4 is 15.4 Å². The maximum absolute atomic E-state index is 12.5. The zero-order valence-electron chi connectivity index (χ0n) is 14.6. The van der Waals surface area contributed by atoms with Gasteiger partial charge in [-0.3, -0.25) is 9.69 Å². The zero-order chi connectivity index (χ0) is 16.8. The topological polar surface area (TPSA) is 53.6 Å². The second kappa shape index (κ2) is 7.99. The molecule has 2 aliphatic rings. The van der Waals surface area contributed by atoms with Crippen molar-refractivity contribution in [3.8, 4) is 5.75 Å². The summed E-state index contributed by atoms with van der Waals surface area (Å²) in [7, 11) is 0. The van der Waals surface area contributed by atoms with E-state index in [9.17, 15) is 4.79 Å². The third-order valence-corrected chi connectivity index (χ3v) is 5.25. The van der Waals surface area contributed by atoms with Gasteiger partial charge in [0.1, 0.15) is 5.75 Å². The molecule has 1 aliphatic carbocycles. The van der Waals surface area contributed by atoms with Crippen molar-refractivity contribution in [2.24, 2.45) is 0 Å². The molecule has 1 heterocycles. The summed E-state index contributed by atoms with van der Waals surface area (Å²) in [5.41, 5.74) is 1.02. The number of nitrogens with one attached hydrogen (secondary N) is 2. The van der Waals surface area contributed by atoms with Crippen molar-refractivity contribution >= 4 is 11.6 Å². The molecule has 1 saturated carbocycles. The van der Waals surface area contributed by atoms with Crippen LogP contribution in [0.25, 0.3) is 0 Å². The van der Waals surface area contributed by atoms with E-state index in [-0.39, 0.29) is 11.4 Å². The summed E-state index contributed by atoms with van der Waals surface area (Å²) in [6.45, 7) is 6.04. The highest BCUT2D eigenvalue weighted by atomic mass is 16.5. The molecule has 1 aromatic rings. The number of rotatable bonds is 5. The normalized spacial score (nSPS) is 20.7. The summed E-state index contributed by atoms with van der Waals surface area (Å²) in [6.07, 6.45) is 6.29. The molecule has 2 fully saturated rings. The average Bonchev–Trinajstić information content (AvgIpc) is 2.60. The molecule has 1 aromatic carbocycles. The number of piperazine rings is 1. The van der Waals surface area contributed by atoms with Gasteiger partial charge in [0.15, 0.2) is 0 Å². The predicted octanol–water partition coefficient (Wildman–Crippen LogP) is 2.63. The molecule has 0 aromatic heterocycles. The summed E-state index contributed by atoms with van der Waals surface area (Å²) in [6, 6.07) is 7.59. The third-order valence-electron chi connectivity index (χ3n) is 5.25. The van der Waals surface area contributed by atoms with Crippen LogP contribution in [0.5, 0.6) is 5.75 Å². The van der Waals surface area contributed by atoms with Crippen molar-refractivity contribution in [2.75, 3.05) is 38.1 Å². The summed E-state index contributed by atoms with van der Waals surface area (Å²) in [4.78, 5) is 14.9. The molecule has 24 heavy (non-hydrogen) atoms. The minimum atomic E-state index is 0.0750. The molecular formula is C19H29N3O2. The van der Waals surface area contributed by atoms with E-state index in [0.29, 0.717) is 13.2 Å². The molecule has 1 aliphatic heterocycles. The lowest BCUT2D eigenvalue weighted by Crippen LogP contribution is -2.63. The first-order valence-corrected chi connectivity index (χ1v) is 9.20. The van der Waals surface area contributed by atoms with Gasteiger partial charge in [0.25, 0.3) is 0 Å². The number of hydrogen-bond donors (Lipinski definition) is 2. The minimum Gasteiger partial charge on any atom is -0.494 e. The molecule has 0 atom stereocenters. The van der Waals surface area contributed by atoms with Gasteiger partial charge < -0.3 is 15.4 Å². The molecule has 0 radical (unpaired) electrons. The van der Waals surface area contributed by atoms with Crippen molar-refractivity contribution in [3.05, 3.63) is 24.3 Å². The van der Waals surface area contributed by atoms with Gasteiger partial charge in [0.05, 0.1) is 13.2 Å². The van der Waals surface area contributed by atoms with E-state index >= 15 is 0 Å². The SMILES string of the molecule is CCOc1ccc(NC(=O)CN2CCNCC23CCCCC3)cc1. The summed E-state index contributed by atoms with van der Waals surface area (Å²) in [5, 5.41) is 6.55. The first-order valence-electron chi connectivity index (χ1n) is 9.20. The summed E-state index contributed by atoms with van der Waals surface area (Å²) >= 11 is 0. The van der Waals surface area contributed by atoms with Gasteiger partial charge in [-0.25, -0.2) is 0 Å². The first kappa shape index (κ1) is 17.2. The zero-order valence-corrected chi connectivity index (χ0v) is 14.6. The number of amides is 1. The number of anilines is 1. The Morgan fingerprint density at radius 2 is 2.00 bits per heavy atom. The lowest BCUT2D eigenvalue weighted by Gasteiger charge is -2.49. The Kier molecular flexibility index (Phi) is 5.74. The summed E-state index contributed by atoms with van der Waals surface area (Å²) in [5.74, 6) is 0.907. The van der Waals surface area contributed by atoms with Crippen LogP contribution in [0.3, 0.4) is 0 Å². The number of carbonyl (C=O) groups excluding carboxylic acids is 1. The molecule has 132 valence electrons. The third kappa shape index (κ3) is 4.08. The Balaban J connectivity index is 1.58. The number of hydrogen-bond acceptors (Lipinski definition) is 4. The van der Waals surface area contributed by atoms with E-state index in [1.54, 1.807) is 0 Å². The second-order valence-corrected chi connectivity index (χ2v) is 6.89. The molecule has 1 saturated heterocycles. The number of ether oxygens (including phenoxy) is 1. The van der Waals surface area contributed by atoms with Gasteiger partial charge in [-0.1, -0.05) is 19.3 Å². The fraction of sp³-hybridized carbons (Fsp3) is 0.632. The smallest absolute Gasteiger partial charge is 0.238 e. The van der Waals surface area contributed by atoms with E-state index in [4.69, 9.17) is 4.74 Å². The first-order chi connectivity index (χ1) is 11.7. The quantitative estimate of drug-likeness (QED) is 0.871. The van der Waals surface area contributed by atoms with E-state index in [0.717, 1.165) is 31.1 Å². The average molecular weight is 331 g/mol. The van der Waals surface area contributed by atoms with Crippen LogP contribution in [0.2, 0.25) is 0 Å². The molecule has 0 unspecified atom stereocenters. The number of benzene rings is 1. The summed E-state index contributed by atoms with van der Waals surface area (Å²) < 4.78 is 5.43. The van der Waals surface area contributed by atoms with Crippen molar-refractivity contribution in [2.45, 2.75) is 44.6 Å². The maximum atomic E-state index is 12.5.